The molecule has 1 atom stereocenters. The molecule has 1 amide bonds. The van der Waals surface area contributed by atoms with Crippen LogP contribution in [0.25, 0.3) is 0 Å². The Balaban J connectivity index is 1.63. The lowest BCUT2D eigenvalue weighted by Gasteiger charge is -2.33. The number of rotatable bonds is 5. The van der Waals surface area contributed by atoms with E-state index in [0.29, 0.717) is 17.6 Å². The Bertz CT molecular complexity index is 964. The van der Waals surface area contributed by atoms with Gasteiger partial charge in [-0.15, -0.1) is 0 Å². The number of piperidine rings is 1. The van der Waals surface area contributed by atoms with Gasteiger partial charge in [-0.3, -0.25) is 4.79 Å². The molecule has 0 bridgehead atoms. The molecule has 3 rings (SSSR count). The number of nitrogens with one attached hydrogen (secondary N) is 1. The summed E-state index contributed by atoms with van der Waals surface area (Å²) in [6.45, 7) is 3.06. The van der Waals surface area contributed by atoms with Gasteiger partial charge in [0.05, 0.1) is 10.5 Å². The summed E-state index contributed by atoms with van der Waals surface area (Å²) in [6, 6.07) is 11.0. The van der Waals surface area contributed by atoms with Gasteiger partial charge in [0.2, 0.25) is 10.0 Å². The molecule has 2 aromatic carbocycles. The van der Waals surface area contributed by atoms with E-state index in [1.165, 1.54) is 12.1 Å². The summed E-state index contributed by atoms with van der Waals surface area (Å²) in [7, 11) is -3.60. The Labute approximate surface area is 173 Å². The number of hydrogen-bond acceptors (Lipinski definition) is 3. The second-order valence-electron chi connectivity index (χ2n) is 7.05. The van der Waals surface area contributed by atoms with Crippen molar-refractivity contribution in [2.75, 3.05) is 19.6 Å². The molecule has 1 unspecified atom stereocenters. The van der Waals surface area contributed by atoms with Crippen molar-refractivity contribution >= 4 is 31.9 Å². The van der Waals surface area contributed by atoms with Crippen LogP contribution in [0.2, 0.25) is 0 Å². The molecule has 8 heteroatoms. The molecular weight excluding hydrogens is 447 g/mol. The maximum Gasteiger partial charge on any atom is 0.256 e. The fourth-order valence-corrected chi connectivity index (χ4v) is 4.73. The summed E-state index contributed by atoms with van der Waals surface area (Å²) >= 11 is 3.18. The molecule has 1 fully saturated rings. The van der Waals surface area contributed by atoms with Crippen LogP contribution in [0.1, 0.15) is 28.8 Å². The van der Waals surface area contributed by atoms with E-state index in [4.69, 9.17) is 0 Å². The van der Waals surface area contributed by atoms with Crippen LogP contribution in [0.3, 0.4) is 0 Å². The molecule has 0 radical (unpaired) electrons. The largest absolute Gasteiger partial charge is 0.338 e. The predicted octanol–water partition coefficient (Wildman–Crippen LogP) is 3.73. The van der Waals surface area contributed by atoms with Gasteiger partial charge < -0.3 is 4.90 Å². The van der Waals surface area contributed by atoms with Gasteiger partial charge in [-0.25, -0.2) is 17.5 Å². The first-order valence-electron chi connectivity index (χ1n) is 9.07. The highest BCUT2D eigenvalue weighted by Crippen LogP contribution is 2.22. The third-order valence-electron chi connectivity index (χ3n) is 4.86. The number of carbonyl (C=O) groups is 1. The lowest BCUT2D eigenvalue weighted by Crippen LogP contribution is -2.43. The van der Waals surface area contributed by atoms with Gasteiger partial charge in [0, 0.05) is 24.1 Å². The van der Waals surface area contributed by atoms with Crippen LogP contribution in [0, 0.1) is 18.7 Å². The smallest absolute Gasteiger partial charge is 0.256 e. The molecule has 150 valence electrons. The van der Waals surface area contributed by atoms with E-state index in [9.17, 15) is 17.6 Å². The maximum atomic E-state index is 14.1. The average Bonchev–Trinajstić information content (AvgIpc) is 2.67. The fourth-order valence-electron chi connectivity index (χ4n) is 3.28. The third kappa shape index (κ3) is 4.98. The minimum Gasteiger partial charge on any atom is -0.338 e. The standard InChI is InChI=1S/C20H22BrFN2O3S/c1-14-4-7-17(8-5-14)28(26,27)23-12-15-3-2-10-24(13-15)20(25)18-9-6-16(21)11-19(18)22/h4-9,11,15,23H,2-3,10,12-13H2,1H3. The zero-order valence-electron chi connectivity index (χ0n) is 15.5. The Morgan fingerprint density at radius 2 is 1.96 bits per heavy atom. The minimum atomic E-state index is -3.60. The van der Waals surface area contributed by atoms with Crippen molar-refractivity contribution in [3.05, 3.63) is 63.9 Å². The van der Waals surface area contributed by atoms with E-state index in [-0.39, 0.29) is 28.8 Å². The highest BCUT2D eigenvalue weighted by molar-refractivity contribution is 9.10. The van der Waals surface area contributed by atoms with Gasteiger partial charge in [0.1, 0.15) is 5.82 Å². The third-order valence-corrected chi connectivity index (χ3v) is 6.79. The Kier molecular flexibility index (Phi) is 6.52. The van der Waals surface area contributed by atoms with Gasteiger partial charge in [-0.2, -0.15) is 0 Å². The molecule has 0 spiro atoms. The maximum absolute atomic E-state index is 14.1. The van der Waals surface area contributed by atoms with E-state index < -0.39 is 15.8 Å². The zero-order valence-corrected chi connectivity index (χ0v) is 17.9. The van der Waals surface area contributed by atoms with Crippen molar-refractivity contribution < 1.29 is 17.6 Å². The topological polar surface area (TPSA) is 66.5 Å². The van der Waals surface area contributed by atoms with E-state index in [2.05, 4.69) is 20.7 Å². The van der Waals surface area contributed by atoms with Crippen LogP contribution in [-0.2, 0) is 10.0 Å². The number of hydrogen-bond donors (Lipinski definition) is 1. The number of amides is 1. The van der Waals surface area contributed by atoms with Crippen LogP contribution in [0.4, 0.5) is 4.39 Å². The molecule has 5 nitrogen and oxygen atoms in total. The van der Waals surface area contributed by atoms with Crippen LogP contribution in [0.15, 0.2) is 51.8 Å². The van der Waals surface area contributed by atoms with Gasteiger partial charge in [-0.05, 0) is 56.0 Å². The second kappa shape index (κ2) is 8.71. The lowest BCUT2D eigenvalue weighted by atomic mass is 9.97. The summed E-state index contributed by atoms with van der Waals surface area (Å²) in [5, 5.41) is 0. The van der Waals surface area contributed by atoms with Crippen LogP contribution in [0.5, 0.6) is 0 Å². The van der Waals surface area contributed by atoms with Crippen molar-refractivity contribution in [1.29, 1.82) is 0 Å². The highest BCUT2D eigenvalue weighted by Gasteiger charge is 2.27. The Hall–Kier alpha value is -1.77. The first-order chi connectivity index (χ1) is 13.3. The number of aryl methyl sites for hydroxylation is 1. The van der Waals surface area contributed by atoms with Gasteiger partial charge >= 0.3 is 0 Å². The molecule has 1 heterocycles. The Morgan fingerprint density at radius 3 is 2.64 bits per heavy atom. The molecule has 28 heavy (non-hydrogen) atoms. The minimum absolute atomic E-state index is 0.0172. The van der Waals surface area contributed by atoms with E-state index in [1.54, 1.807) is 35.2 Å². The molecular formula is C20H22BrFN2O3S. The molecule has 1 aliphatic rings. The molecule has 0 saturated carbocycles. The van der Waals surface area contributed by atoms with Crippen molar-refractivity contribution in [3.8, 4) is 0 Å². The first kappa shape index (κ1) is 21.0. The normalized spacial score (nSPS) is 17.5. The van der Waals surface area contributed by atoms with Crippen LogP contribution < -0.4 is 4.72 Å². The van der Waals surface area contributed by atoms with E-state index in [1.807, 2.05) is 6.92 Å². The zero-order chi connectivity index (χ0) is 20.3. The SMILES string of the molecule is Cc1ccc(S(=O)(=O)NCC2CCCN(C(=O)c3ccc(Br)cc3F)C2)cc1. The second-order valence-corrected chi connectivity index (χ2v) is 9.73. The summed E-state index contributed by atoms with van der Waals surface area (Å²) in [5.74, 6) is -0.950. The number of halogens is 2. The summed E-state index contributed by atoms with van der Waals surface area (Å²) in [4.78, 5) is 14.5. The predicted molar refractivity (Wildman–Crippen MR) is 109 cm³/mol. The number of benzene rings is 2. The Morgan fingerprint density at radius 1 is 1.25 bits per heavy atom. The monoisotopic (exact) mass is 468 g/mol. The van der Waals surface area contributed by atoms with Gasteiger partial charge in [0.15, 0.2) is 0 Å². The molecule has 1 N–H and O–H groups in total. The molecule has 0 aromatic heterocycles. The molecule has 1 aliphatic heterocycles. The molecule has 2 aromatic rings. The number of sulfonamides is 1. The number of carbonyl (C=O) groups excluding carboxylic acids is 1. The van der Waals surface area contributed by atoms with Crippen molar-refractivity contribution in [3.63, 3.8) is 0 Å². The van der Waals surface area contributed by atoms with E-state index >= 15 is 0 Å². The van der Waals surface area contributed by atoms with Crippen molar-refractivity contribution in [2.24, 2.45) is 5.92 Å². The summed E-state index contributed by atoms with van der Waals surface area (Å²) in [5.41, 5.74) is 1.02. The number of nitrogens with zero attached hydrogens (tertiary/aromatic N) is 1. The number of likely N-dealkylation sites (tertiary alicyclic amines) is 1. The summed E-state index contributed by atoms with van der Waals surface area (Å²) in [6.07, 6.45) is 1.56. The van der Waals surface area contributed by atoms with E-state index in [0.717, 1.165) is 18.4 Å². The molecule has 1 saturated heterocycles. The highest BCUT2D eigenvalue weighted by atomic mass is 79.9. The van der Waals surface area contributed by atoms with Gasteiger partial charge in [0.25, 0.3) is 5.91 Å². The van der Waals surface area contributed by atoms with Gasteiger partial charge in [-0.1, -0.05) is 33.6 Å². The first-order valence-corrected chi connectivity index (χ1v) is 11.3. The van der Waals surface area contributed by atoms with Crippen LogP contribution in [-0.4, -0.2) is 38.9 Å². The lowest BCUT2D eigenvalue weighted by molar-refractivity contribution is 0.0671. The van der Waals surface area contributed by atoms with Crippen molar-refractivity contribution in [1.82, 2.24) is 9.62 Å². The quantitative estimate of drug-likeness (QED) is 0.726. The average molecular weight is 469 g/mol. The summed E-state index contributed by atoms with van der Waals surface area (Å²) < 4.78 is 42.2. The fraction of sp³-hybridized carbons (Fsp3) is 0.350. The van der Waals surface area contributed by atoms with Crippen LogP contribution >= 0.6 is 15.9 Å². The molecule has 0 aliphatic carbocycles. The van der Waals surface area contributed by atoms with Crippen molar-refractivity contribution in [2.45, 2.75) is 24.7 Å².